The molecule has 0 spiro atoms. The summed E-state index contributed by atoms with van der Waals surface area (Å²) in [4.78, 5) is 26.2. The maximum Gasteiger partial charge on any atom is 0.223 e. The first kappa shape index (κ1) is 20.2. The number of nitrogens with one attached hydrogen (secondary N) is 1. The molecule has 10 heteroatoms. The van der Waals surface area contributed by atoms with Gasteiger partial charge < -0.3 is 15.0 Å². The van der Waals surface area contributed by atoms with Crippen LogP contribution < -0.4 is 15.0 Å². The van der Waals surface area contributed by atoms with E-state index in [1.54, 1.807) is 31.4 Å². The van der Waals surface area contributed by atoms with Crippen molar-refractivity contribution in [3.05, 3.63) is 36.2 Å². The summed E-state index contributed by atoms with van der Waals surface area (Å²) in [6.45, 7) is 5.24. The second-order valence-electron chi connectivity index (χ2n) is 6.34. The minimum atomic E-state index is -0.115. The highest BCUT2D eigenvalue weighted by Crippen LogP contribution is 2.29. The van der Waals surface area contributed by atoms with E-state index in [-0.39, 0.29) is 12.0 Å². The number of hydrogen-bond donors (Lipinski definition) is 1. The first-order valence-electron chi connectivity index (χ1n) is 8.76. The van der Waals surface area contributed by atoms with E-state index in [0.29, 0.717) is 39.5 Å². The Morgan fingerprint density at radius 2 is 2.17 bits per heavy atom. The predicted octanol–water partition coefficient (Wildman–Crippen LogP) is 3.38. The maximum absolute atomic E-state index is 11.7. The van der Waals surface area contributed by atoms with Gasteiger partial charge in [0.2, 0.25) is 11.0 Å². The third-order valence-electron chi connectivity index (χ3n) is 3.85. The quantitative estimate of drug-likeness (QED) is 0.658. The average molecular weight is 409 g/mol. The minimum Gasteiger partial charge on any atom is -0.488 e. The number of pyridine rings is 2. The molecule has 0 aliphatic heterocycles. The zero-order valence-electron chi connectivity index (χ0n) is 16.4. The van der Waals surface area contributed by atoms with Gasteiger partial charge >= 0.3 is 0 Å². The lowest BCUT2D eigenvalue weighted by molar-refractivity contribution is -0.116. The lowest BCUT2D eigenvalue weighted by atomic mass is 10.2. The molecule has 0 saturated heterocycles. The number of nitriles is 1. The Labute approximate surface area is 172 Å². The first-order chi connectivity index (χ1) is 13.9. The van der Waals surface area contributed by atoms with Crippen LogP contribution in [0.25, 0.3) is 11.5 Å². The van der Waals surface area contributed by atoms with E-state index in [1.165, 1.54) is 18.0 Å². The summed E-state index contributed by atoms with van der Waals surface area (Å²) in [5, 5.41) is 13.0. The summed E-state index contributed by atoms with van der Waals surface area (Å²) in [7, 11) is 1.67. The van der Waals surface area contributed by atoms with Gasteiger partial charge in [0.05, 0.1) is 23.6 Å². The molecule has 3 aromatic rings. The van der Waals surface area contributed by atoms with Crippen LogP contribution >= 0.6 is 11.5 Å². The van der Waals surface area contributed by atoms with Gasteiger partial charge in [-0.15, -0.1) is 0 Å². The standard InChI is InChI=1S/C19H19N7O2S/c1-11(2)28-16-10-22-14(8-13(16)9-20)17-23-19(29-25-17)24-18-15(6-5-7-21-18)26(4)12(3)27/h5-8,10-11H,1-4H3,(H,21,23,24,25). The predicted molar refractivity (Wildman–Crippen MR) is 110 cm³/mol. The van der Waals surface area contributed by atoms with E-state index in [2.05, 4.69) is 30.7 Å². The fourth-order valence-electron chi connectivity index (χ4n) is 2.41. The lowest BCUT2D eigenvalue weighted by Gasteiger charge is -2.17. The minimum absolute atomic E-state index is 0.0661. The molecule has 0 radical (unpaired) electrons. The van der Waals surface area contributed by atoms with Crippen LogP contribution in [0.3, 0.4) is 0 Å². The average Bonchev–Trinajstić information content (AvgIpc) is 3.16. The molecular formula is C19H19N7O2S. The third-order valence-corrected chi connectivity index (χ3v) is 4.48. The van der Waals surface area contributed by atoms with Gasteiger partial charge in [-0.05, 0) is 32.0 Å². The van der Waals surface area contributed by atoms with Gasteiger partial charge in [-0.1, -0.05) is 0 Å². The van der Waals surface area contributed by atoms with Gasteiger partial charge in [0, 0.05) is 31.7 Å². The van der Waals surface area contributed by atoms with Crippen LogP contribution in [0.2, 0.25) is 0 Å². The van der Waals surface area contributed by atoms with Crippen molar-refractivity contribution in [2.24, 2.45) is 0 Å². The van der Waals surface area contributed by atoms with Crippen LogP contribution in [-0.4, -0.2) is 38.4 Å². The summed E-state index contributed by atoms with van der Waals surface area (Å²) in [6.07, 6.45) is 3.06. The molecule has 0 unspecified atom stereocenters. The van der Waals surface area contributed by atoms with Crippen molar-refractivity contribution >= 4 is 34.1 Å². The topological polar surface area (TPSA) is 117 Å². The number of carbonyl (C=O) groups excluding carboxylic acids is 1. The fourth-order valence-corrected chi connectivity index (χ4v) is 2.99. The molecule has 0 bridgehead atoms. The van der Waals surface area contributed by atoms with Crippen molar-refractivity contribution in [3.8, 4) is 23.3 Å². The number of carbonyl (C=O) groups is 1. The van der Waals surface area contributed by atoms with Gasteiger partial charge in [0.15, 0.2) is 17.4 Å². The van der Waals surface area contributed by atoms with E-state index in [4.69, 9.17) is 4.74 Å². The largest absolute Gasteiger partial charge is 0.488 e. The van der Waals surface area contributed by atoms with Gasteiger partial charge in [-0.2, -0.15) is 14.6 Å². The van der Waals surface area contributed by atoms with Crippen molar-refractivity contribution in [2.45, 2.75) is 26.9 Å². The van der Waals surface area contributed by atoms with E-state index >= 15 is 0 Å². The molecule has 3 heterocycles. The normalized spacial score (nSPS) is 10.5. The van der Waals surface area contributed by atoms with Crippen LogP contribution in [0.5, 0.6) is 5.75 Å². The van der Waals surface area contributed by atoms with E-state index in [0.717, 1.165) is 11.5 Å². The third kappa shape index (κ3) is 4.64. The molecule has 1 amide bonds. The summed E-state index contributed by atoms with van der Waals surface area (Å²) in [6, 6.07) is 7.24. The Bertz CT molecular complexity index is 1070. The van der Waals surface area contributed by atoms with Crippen molar-refractivity contribution in [1.29, 1.82) is 5.26 Å². The number of ether oxygens (including phenoxy) is 1. The smallest absolute Gasteiger partial charge is 0.223 e. The number of amides is 1. The molecule has 0 saturated carbocycles. The molecule has 3 rings (SSSR count). The number of anilines is 3. The van der Waals surface area contributed by atoms with Gasteiger partial charge in [-0.25, -0.2) is 9.97 Å². The molecule has 3 aromatic heterocycles. The highest BCUT2D eigenvalue weighted by molar-refractivity contribution is 7.09. The second-order valence-corrected chi connectivity index (χ2v) is 7.09. The molecule has 0 fully saturated rings. The Balaban J connectivity index is 1.86. The van der Waals surface area contributed by atoms with Crippen molar-refractivity contribution < 1.29 is 9.53 Å². The highest BCUT2D eigenvalue weighted by atomic mass is 32.1. The van der Waals surface area contributed by atoms with Crippen LogP contribution in [-0.2, 0) is 4.79 Å². The molecule has 0 atom stereocenters. The molecular weight excluding hydrogens is 390 g/mol. The number of aromatic nitrogens is 4. The van der Waals surface area contributed by atoms with Crippen molar-refractivity contribution in [3.63, 3.8) is 0 Å². The summed E-state index contributed by atoms with van der Waals surface area (Å²) in [5.41, 5.74) is 1.45. The summed E-state index contributed by atoms with van der Waals surface area (Å²) < 4.78 is 9.90. The first-order valence-corrected chi connectivity index (χ1v) is 9.53. The Hall–Kier alpha value is -3.58. The fraction of sp³-hybridized carbons (Fsp3) is 0.263. The maximum atomic E-state index is 11.7. The molecule has 9 nitrogen and oxygen atoms in total. The molecule has 29 heavy (non-hydrogen) atoms. The van der Waals surface area contributed by atoms with Gasteiger partial charge in [0.25, 0.3) is 0 Å². The Morgan fingerprint density at radius 1 is 1.38 bits per heavy atom. The zero-order valence-corrected chi connectivity index (χ0v) is 17.2. The Kier molecular flexibility index (Phi) is 5.99. The zero-order chi connectivity index (χ0) is 21.0. The molecule has 0 aromatic carbocycles. The van der Waals surface area contributed by atoms with E-state index in [9.17, 15) is 10.1 Å². The number of nitrogens with zero attached hydrogens (tertiary/aromatic N) is 6. The number of hydrogen-bond acceptors (Lipinski definition) is 9. The van der Waals surface area contributed by atoms with Crippen molar-refractivity contribution in [1.82, 2.24) is 19.3 Å². The van der Waals surface area contributed by atoms with Crippen LogP contribution in [0, 0.1) is 11.3 Å². The monoisotopic (exact) mass is 409 g/mol. The highest BCUT2D eigenvalue weighted by Gasteiger charge is 2.16. The second kappa shape index (κ2) is 8.62. The van der Waals surface area contributed by atoms with Crippen LogP contribution in [0.15, 0.2) is 30.6 Å². The van der Waals surface area contributed by atoms with E-state index in [1.807, 2.05) is 13.8 Å². The SMILES string of the molecule is CC(=O)N(C)c1cccnc1Nc1nc(-c2cc(C#N)c(OC(C)C)cn2)ns1. The van der Waals surface area contributed by atoms with Gasteiger partial charge in [0.1, 0.15) is 11.8 Å². The van der Waals surface area contributed by atoms with E-state index < -0.39 is 0 Å². The Morgan fingerprint density at radius 3 is 2.86 bits per heavy atom. The molecule has 0 aliphatic rings. The molecule has 0 aliphatic carbocycles. The summed E-state index contributed by atoms with van der Waals surface area (Å²) in [5.74, 6) is 1.17. The van der Waals surface area contributed by atoms with Crippen LogP contribution in [0.1, 0.15) is 26.3 Å². The molecule has 148 valence electrons. The number of rotatable bonds is 6. The molecule has 1 N–H and O–H groups in total. The summed E-state index contributed by atoms with van der Waals surface area (Å²) >= 11 is 1.13. The lowest BCUT2D eigenvalue weighted by Crippen LogP contribution is -2.23. The van der Waals surface area contributed by atoms with Crippen molar-refractivity contribution in [2.75, 3.05) is 17.3 Å². The van der Waals surface area contributed by atoms with Gasteiger partial charge in [-0.3, -0.25) is 4.79 Å². The van der Waals surface area contributed by atoms with Crippen LogP contribution in [0.4, 0.5) is 16.6 Å².